The second kappa shape index (κ2) is 14.6. The molecule has 0 aliphatic heterocycles. The van der Waals surface area contributed by atoms with E-state index >= 15 is 0 Å². The molecule has 192 valence electrons. The van der Waals surface area contributed by atoms with Gasteiger partial charge < -0.3 is 21.7 Å². The molecule has 3 rings (SSSR count). The Kier molecular flexibility index (Phi) is 10.6. The zero-order valence-electron chi connectivity index (χ0n) is 20.5. The molecule has 0 heterocycles. The van der Waals surface area contributed by atoms with Crippen molar-refractivity contribution in [1.82, 2.24) is 16.1 Å². The fraction of sp³-hybridized carbons (Fsp3) is 0.138. The Morgan fingerprint density at radius 1 is 0.842 bits per heavy atom. The molecule has 0 spiro atoms. The molecule has 7 N–H and O–H groups in total. The van der Waals surface area contributed by atoms with Crippen LogP contribution in [0.15, 0.2) is 78.9 Å². The summed E-state index contributed by atoms with van der Waals surface area (Å²) in [7, 11) is 0. The molecular formula is C29H27N5O4. The normalized spacial score (nSPS) is 10.6. The van der Waals surface area contributed by atoms with Gasteiger partial charge in [0.15, 0.2) is 0 Å². The minimum Gasteiger partial charge on any atom is -0.339 e. The molecule has 38 heavy (non-hydrogen) atoms. The number of benzene rings is 3. The van der Waals surface area contributed by atoms with Gasteiger partial charge in [-0.3, -0.25) is 19.6 Å². The molecule has 0 aliphatic rings. The van der Waals surface area contributed by atoms with E-state index in [4.69, 9.17) is 10.9 Å². The van der Waals surface area contributed by atoms with E-state index in [0.717, 1.165) is 11.1 Å². The average molecular weight is 510 g/mol. The maximum atomic E-state index is 12.2. The molecule has 3 aromatic rings. The summed E-state index contributed by atoms with van der Waals surface area (Å²) in [4.78, 5) is 35.8. The molecule has 0 unspecified atom stereocenters. The fourth-order valence-corrected chi connectivity index (χ4v) is 3.22. The van der Waals surface area contributed by atoms with Gasteiger partial charge in [0.2, 0.25) is 5.91 Å². The van der Waals surface area contributed by atoms with Gasteiger partial charge in [-0.1, -0.05) is 42.2 Å². The van der Waals surface area contributed by atoms with E-state index in [-0.39, 0.29) is 19.0 Å². The summed E-state index contributed by atoms with van der Waals surface area (Å²) in [5.41, 5.74) is 10.4. The smallest absolute Gasteiger partial charge is 0.267 e. The summed E-state index contributed by atoms with van der Waals surface area (Å²) in [6.45, 7) is 0.654. The Balaban J connectivity index is 1.47. The van der Waals surface area contributed by atoms with Crippen molar-refractivity contribution in [3.63, 3.8) is 0 Å². The highest BCUT2D eigenvalue weighted by molar-refractivity contribution is 5.97. The molecule has 0 aromatic heterocycles. The van der Waals surface area contributed by atoms with E-state index in [1.54, 1.807) is 48.5 Å². The highest BCUT2D eigenvalue weighted by Crippen LogP contribution is 2.09. The molecular weight excluding hydrogens is 482 g/mol. The lowest BCUT2D eigenvalue weighted by Gasteiger charge is -2.14. The topological polar surface area (TPSA) is 146 Å². The first-order valence-electron chi connectivity index (χ1n) is 11.7. The summed E-state index contributed by atoms with van der Waals surface area (Å²) in [5.74, 6) is 9.92. The number of carbonyl (C=O) groups excluding carboxylic acids is 3. The number of rotatable bonds is 9. The second-order valence-corrected chi connectivity index (χ2v) is 8.03. The van der Waals surface area contributed by atoms with Crippen LogP contribution >= 0.6 is 0 Å². The van der Waals surface area contributed by atoms with Crippen molar-refractivity contribution in [3.8, 4) is 23.7 Å². The third-order valence-corrected chi connectivity index (χ3v) is 5.22. The van der Waals surface area contributed by atoms with Gasteiger partial charge in [0, 0.05) is 35.5 Å². The third kappa shape index (κ3) is 8.94. The number of hydroxylamine groups is 1. The van der Waals surface area contributed by atoms with Crippen LogP contribution < -0.4 is 27.2 Å². The van der Waals surface area contributed by atoms with Crippen molar-refractivity contribution in [2.24, 2.45) is 5.73 Å². The summed E-state index contributed by atoms with van der Waals surface area (Å²) >= 11 is 0. The van der Waals surface area contributed by atoms with Gasteiger partial charge in [-0.15, -0.1) is 0 Å². The van der Waals surface area contributed by atoms with Gasteiger partial charge in [0.1, 0.15) is 6.04 Å². The number of carbonyl (C=O) groups is 3. The molecule has 3 amide bonds. The Hall–Kier alpha value is -4.93. The summed E-state index contributed by atoms with van der Waals surface area (Å²) < 4.78 is 0. The van der Waals surface area contributed by atoms with E-state index in [0.29, 0.717) is 23.4 Å². The van der Waals surface area contributed by atoms with E-state index < -0.39 is 17.9 Å². The van der Waals surface area contributed by atoms with Crippen molar-refractivity contribution in [3.05, 3.63) is 101 Å². The Morgan fingerprint density at radius 3 is 2.03 bits per heavy atom. The summed E-state index contributed by atoms with van der Waals surface area (Å²) in [5, 5.41) is 17.1. The van der Waals surface area contributed by atoms with Crippen molar-refractivity contribution in [1.29, 1.82) is 0 Å². The lowest BCUT2D eigenvalue weighted by molar-refractivity contribution is -0.130. The first-order valence-corrected chi connectivity index (χ1v) is 11.7. The lowest BCUT2D eigenvalue weighted by atomic mass is 10.1. The maximum absolute atomic E-state index is 12.2. The first kappa shape index (κ1) is 27.7. The molecule has 0 fully saturated rings. The lowest BCUT2D eigenvalue weighted by Crippen LogP contribution is -2.50. The quantitative estimate of drug-likeness (QED) is 0.146. The molecule has 1 atom stereocenters. The van der Waals surface area contributed by atoms with Crippen molar-refractivity contribution in [2.75, 3.05) is 18.4 Å². The van der Waals surface area contributed by atoms with Crippen LogP contribution in [0.25, 0.3) is 0 Å². The van der Waals surface area contributed by atoms with Crippen LogP contribution in [0.1, 0.15) is 27.0 Å². The van der Waals surface area contributed by atoms with Crippen LogP contribution in [-0.2, 0) is 16.1 Å². The van der Waals surface area contributed by atoms with Gasteiger partial charge in [-0.05, 0) is 65.9 Å². The van der Waals surface area contributed by atoms with Crippen LogP contribution in [0.3, 0.4) is 0 Å². The van der Waals surface area contributed by atoms with E-state index in [2.05, 4.69) is 39.6 Å². The van der Waals surface area contributed by atoms with Gasteiger partial charge >= 0.3 is 0 Å². The summed E-state index contributed by atoms with van der Waals surface area (Å²) in [6.07, 6.45) is 0. The number of nitrogens with one attached hydrogen (secondary N) is 4. The Bertz CT molecular complexity index is 1370. The van der Waals surface area contributed by atoms with Crippen molar-refractivity contribution >= 4 is 23.4 Å². The van der Waals surface area contributed by atoms with Crippen molar-refractivity contribution in [2.45, 2.75) is 12.6 Å². The molecule has 9 heteroatoms. The Labute approximate surface area is 220 Å². The highest BCUT2D eigenvalue weighted by Gasteiger charge is 2.19. The molecule has 9 nitrogen and oxygen atoms in total. The predicted octanol–water partition coefficient (Wildman–Crippen LogP) is 1.38. The standard InChI is InChI=1S/C29H27N5O4/c30-18-26(29(37)34-38)33-28(36)24-14-10-21(11-15-24)6-4-5-7-22-12-16-25(17-13-22)32-27(35)20-31-19-23-8-2-1-3-9-23/h1-3,8-17,26,31,38H,18-20,30H2,(H,32,35)(H,33,36)(H,34,37)/t26-/m0/s1. The Morgan fingerprint density at radius 2 is 1.45 bits per heavy atom. The maximum Gasteiger partial charge on any atom is 0.267 e. The van der Waals surface area contributed by atoms with Crippen LogP contribution in [0.4, 0.5) is 5.69 Å². The minimum atomic E-state index is -1.05. The largest absolute Gasteiger partial charge is 0.339 e. The van der Waals surface area contributed by atoms with Gasteiger partial charge in [-0.25, -0.2) is 5.48 Å². The van der Waals surface area contributed by atoms with E-state index in [1.165, 1.54) is 5.48 Å². The highest BCUT2D eigenvalue weighted by atomic mass is 16.5. The molecule has 0 aliphatic carbocycles. The molecule has 0 radical (unpaired) electrons. The van der Waals surface area contributed by atoms with E-state index in [1.807, 2.05) is 30.3 Å². The van der Waals surface area contributed by atoms with Crippen molar-refractivity contribution < 1.29 is 19.6 Å². The van der Waals surface area contributed by atoms with Crippen LogP contribution in [-0.4, -0.2) is 42.1 Å². The molecule has 0 saturated heterocycles. The summed E-state index contributed by atoms with van der Waals surface area (Å²) in [6, 6.07) is 22.4. The number of hydrogen-bond donors (Lipinski definition) is 6. The number of amides is 3. The molecule has 0 saturated carbocycles. The number of anilines is 1. The predicted molar refractivity (Wildman–Crippen MR) is 144 cm³/mol. The second-order valence-electron chi connectivity index (χ2n) is 8.03. The molecule has 3 aromatic carbocycles. The fourth-order valence-electron chi connectivity index (χ4n) is 3.22. The monoisotopic (exact) mass is 509 g/mol. The van der Waals surface area contributed by atoms with Crippen LogP contribution in [0, 0.1) is 23.7 Å². The number of nitrogens with two attached hydrogens (primary N) is 1. The first-order chi connectivity index (χ1) is 18.5. The zero-order valence-corrected chi connectivity index (χ0v) is 20.5. The number of hydrogen-bond acceptors (Lipinski definition) is 6. The van der Waals surface area contributed by atoms with Crippen LogP contribution in [0.5, 0.6) is 0 Å². The van der Waals surface area contributed by atoms with Gasteiger partial charge in [-0.2, -0.15) is 0 Å². The molecule has 0 bridgehead atoms. The average Bonchev–Trinajstić information content (AvgIpc) is 2.95. The minimum absolute atomic E-state index is 0.135. The SMILES string of the molecule is NC[C@H](NC(=O)c1ccc(C#CC#Cc2ccc(NC(=O)CNCc3ccccc3)cc2)cc1)C(=O)NO. The van der Waals surface area contributed by atoms with Gasteiger partial charge in [0.25, 0.3) is 11.8 Å². The van der Waals surface area contributed by atoms with E-state index in [9.17, 15) is 14.4 Å². The third-order valence-electron chi connectivity index (χ3n) is 5.22. The zero-order chi connectivity index (χ0) is 27.2. The van der Waals surface area contributed by atoms with Crippen LogP contribution in [0.2, 0.25) is 0 Å². The van der Waals surface area contributed by atoms with Gasteiger partial charge in [0.05, 0.1) is 6.54 Å².